The zero-order chi connectivity index (χ0) is 10.2. The molecule has 1 aliphatic rings. The molecule has 0 aliphatic carbocycles. The van der Waals surface area contributed by atoms with Crippen molar-refractivity contribution in [3.8, 4) is 0 Å². The maximum atomic E-state index is 3.58. The van der Waals surface area contributed by atoms with Crippen LogP contribution in [0, 0.1) is 5.92 Å². The molecule has 1 N–H and O–H groups in total. The quantitative estimate of drug-likeness (QED) is 0.709. The van der Waals surface area contributed by atoms with E-state index in [1.165, 1.54) is 43.2 Å². The highest BCUT2D eigenvalue weighted by atomic mass is 32.2. The van der Waals surface area contributed by atoms with Gasteiger partial charge in [0.25, 0.3) is 0 Å². The van der Waals surface area contributed by atoms with Crippen LogP contribution >= 0.6 is 23.5 Å². The van der Waals surface area contributed by atoms with Crippen molar-refractivity contribution >= 4 is 23.5 Å². The van der Waals surface area contributed by atoms with Crippen molar-refractivity contribution in [2.45, 2.75) is 31.9 Å². The SMILES string of the molecule is CC(C)CCCNCC1CSCCS1. The van der Waals surface area contributed by atoms with E-state index in [1.807, 2.05) is 0 Å². The molecule has 0 aromatic heterocycles. The maximum Gasteiger partial charge on any atom is 0.0263 e. The lowest BCUT2D eigenvalue weighted by Crippen LogP contribution is -2.29. The summed E-state index contributed by atoms with van der Waals surface area (Å²) in [5.41, 5.74) is 0. The summed E-state index contributed by atoms with van der Waals surface area (Å²) in [6.07, 6.45) is 2.70. The van der Waals surface area contributed by atoms with Crippen LogP contribution in [0.5, 0.6) is 0 Å². The molecule has 1 heterocycles. The van der Waals surface area contributed by atoms with Crippen molar-refractivity contribution < 1.29 is 0 Å². The smallest absolute Gasteiger partial charge is 0.0263 e. The van der Waals surface area contributed by atoms with Crippen LogP contribution in [0.2, 0.25) is 0 Å². The molecule has 1 unspecified atom stereocenters. The van der Waals surface area contributed by atoms with Crippen LogP contribution in [0.1, 0.15) is 26.7 Å². The molecule has 1 fully saturated rings. The lowest BCUT2D eigenvalue weighted by Gasteiger charge is -2.21. The van der Waals surface area contributed by atoms with Crippen LogP contribution in [0.15, 0.2) is 0 Å². The van der Waals surface area contributed by atoms with E-state index in [1.54, 1.807) is 0 Å². The molecule has 0 spiro atoms. The van der Waals surface area contributed by atoms with Crippen molar-refractivity contribution in [2.24, 2.45) is 5.92 Å². The minimum atomic E-state index is 0.858. The van der Waals surface area contributed by atoms with E-state index in [-0.39, 0.29) is 0 Å². The van der Waals surface area contributed by atoms with Crippen LogP contribution in [0.3, 0.4) is 0 Å². The Balaban J connectivity index is 1.87. The Morgan fingerprint density at radius 3 is 2.86 bits per heavy atom. The highest BCUT2D eigenvalue weighted by Crippen LogP contribution is 2.23. The Kier molecular flexibility index (Phi) is 7.17. The van der Waals surface area contributed by atoms with Gasteiger partial charge < -0.3 is 5.32 Å². The van der Waals surface area contributed by atoms with Gasteiger partial charge >= 0.3 is 0 Å². The summed E-state index contributed by atoms with van der Waals surface area (Å²) in [5.74, 6) is 4.91. The second-order valence-corrected chi connectivity index (χ2v) is 6.87. The van der Waals surface area contributed by atoms with Gasteiger partial charge in [-0.25, -0.2) is 0 Å². The molecule has 1 nitrogen and oxygen atoms in total. The van der Waals surface area contributed by atoms with E-state index in [4.69, 9.17) is 0 Å². The summed E-state index contributed by atoms with van der Waals surface area (Å²) in [5, 5.41) is 4.44. The van der Waals surface area contributed by atoms with Crippen molar-refractivity contribution in [3.63, 3.8) is 0 Å². The van der Waals surface area contributed by atoms with Gasteiger partial charge in [0, 0.05) is 29.1 Å². The first-order valence-corrected chi connectivity index (χ1v) is 7.89. The van der Waals surface area contributed by atoms with Crippen LogP contribution < -0.4 is 5.32 Å². The third-order valence-electron chi connectivity index (χ3n) is 2.39. The first-order valence-electron chi connectivity index (χ1n) is 5.69. The van der Waals surface area contributed by atoms with Gasteiger partial charge in [-0.1, -0.05) is 13.8 Å². The van der Waals surface area contributed by atoms with Crippen molar-refractivity contribution in [1.29, 1.82) is 0 Å². The van der Waals surface area contributed by atoms with E-state index in [0.29, 0.717) is 0 Å². The van der Waals surface area contributed by atoms with Gasteiger partial charge in [0.2, 0.25) is 0 Å². The first-order chi connectivity index (χ1) is 6.79. The monoisotopic (exact) mass is 233 g/mol. The van der Waals surface area contributed by atoms with E-state index in [0.717, 1.165) is 11.2 Å². The molecule has 1 aliphatic heterocycles. The third kappa shape index (κ3) is 6.20. The average molecular weight is 233 g/mol. The molecular formula is C11H23NS2. The summed E-state index contributed by atoms with van der Waals surface area (Å²) < 4.78 is 0. The standard InChI is InChI=1S/C11H23NS2/c1-10(2)4-3-5-12-8-11-9-13-6-7-14-11/h10-12H,3-9H2,1-2H3. The molecule has 0 bridgehead atoms. The fourth-order valence-corrected chi connectivity index (χ4v) is 4.20. The fourth-order valence-electron chi connectivity index (χ4n) is 1.55. The van der Waals surface area contributed by atoms with Crippen LogP contribution in [-0.4, -0.2) is 35.6 Å². The average Bonchev–Trinajstić information content (AvgIpc) is 2.18. The number of hydrogen-bond donors (Lipinski definition) is 1. The predicted molar refractivity (Wildman–Crippen MR) is 70.5 cm³/mol. The molecule has 3 heteroatoms. The second-order valence-electron chi connectivity index (χ2n) is 4.31. The molecule has 1 atom stereocenters. The Labute approximate surface area is 97.2 Å². The van der Waals surface area contributed by atoms with Crippen LogP contribution in [0.25, 0.3) is 0 Å². The van der Waals surface area contributed by atoms with Gasteiger partial charge in [0.1, 0.15) is 0 Å². The highest BCUT2D eigenvalue weighted by molar-refractivity contribution is 8.06. The predicted octanol–water partition coefficient (Wildman–Crippen LogP) is 2.86. The van der Waals surface area contributed by atoms with E-state index in [2.05, 4.69) is 42.7 Å². The lowest BCUT2D eigenvalue weighted by molar-refractivity contribution is 0.529. The van der Waals surface area contributed by atoms with Crippen LogP contribution in [-0.2, 0) is 0 Å². The summed E-state index contributed by atoms with van der Waals surface area (Å²) in [6.45, 7) is 7.02. The van der Waals surface area contributed by atoms with Crippen molar-refractivity contribution in [2.75, 3.05) is 30.3 Å². The first kappa shape index (κ1) is 12.7. The van der Waals surface area contributed by atoms with Gasteiger partial charge in [0.05, 0.1) is 0 Å². The Hall–Kier alpha value is 0.660. The summed E-state index contributed by atoms with van der Waals surface area (Å²) in [4.78, 5) is 0. The van der Waals surface area contributed by atoms with Crippen molar-refractivity contribution in [3.05, 3.63) is 0 Å². The topological polar surface area (TPSA) is 12.0 Å². The summed E-state index contributed by atoms with van der Waals surface area (Å²) in [6, 6.07) is 0. The number of thioether (sulfide) groups is 2. The molecule has 84 valence electrons. The van der Waals surface area contributed by atoms with Gasteiger partial charge in [-0.15, -0.1) is 0 Å². The summed E-state index contributed by atoms with van der Waals surface area (Å²) in [7, 11) is 0. The molecule has 0 aromatic carbocycles. The molecule has 1 rings (SSSR count). The highest BCUT2D eigenvalue weighted by Gasteiger charge is 2.12. The Bertz CT molecular complexity index is 133. The minimum Gasteiger partial charge on any atom is -0.316 e. The number of rotatable bonds is 6. The zero-order valence-electron chi connectivity index (χ0n) is 9.42. The van der Waals surface area contributed by atoms with E-state index >= 15 is 0 Å². The molecule has 0 aromatic rings. The van der Waals surface area contributed by atoms with Crippen molar-refractivity contribution in [1.82, 2.24) is 5.32 Å². The molecule has 0 radical (unpaired) electrons. The summed E-state index contributed by atoms with van der Waals surface area (Å²) >= 11 is 4.26. The zero-order valence-corrected chi connectivity index (χ0v) is 11.1. The molecule has 0 saturated carbocycles. The Morgan fingerprint density at radius 1 is 1.36 bits per heavy atom. The third-order valence-corrected chi connectivity index (χ3v) is 5.24. The van der Waals surface area contributed by atoms with Crippen LogP contribution in [0.4, 0.5) is 0 Å². The molecule has 14 heavy (non-hydrogen) atoms. The second kappa shape index (κ2) is 7.89. The van der Waals surface area contributed by atoms with Gasteiger partial charge in [-0.2, -0.15) is 23.5 Å². The molecular weight excluding hydrogens is 210 g/mol. The number of nitrogens with one attached hydrogen (secondary N) is 1. The van der Waals surface area contributed by atoms with Gasteiger partial charge in [0.15, 0.2) is 0 Å². The molecule has 1 saturated heterocycles. The lowest BCUT2D eigenvalue weighted by atomic mass is 10.1. The van der Waals surface area contributed by atoms with E-state index in [9.17, 15) is 0 Å². The van der Waals surface area contributed by atoms with Gasteiger partial charge in [-0.3, -0.25) is 0 Å². The van der Waals surface area contributed by atoms with Gasteiger partial charge in [-0.05, 0) is 25.3 Å². The number of hydrogen-bond acceptors (Lipinski definition) is 3. The van der Waals surface area contributed by atoms with E-state index < -0.39 is 0 Å². The molecule has 0 amide bonds. The maximum absolute atomic E-state index is 3.58. The normalized spacial score (nSPS) is 22.9. The fraction of sp³-hybridized carbons (Fsp3) is 1.00. The Morgan fingerprint density at radius 2 is 2.21 bits per heavy atom. The largest absolute Gasteiger partial charge is 0.316 e. The minimum absolute atomic E-state index is 0.858.